The lowest BCUT2D eigenvalue weighted by Gasteiger charge is -2.16. The zero-order chi connectivity index (χ0) is 15.9. The van der Waals surface area contributed by atoms with Crippen molar-refractivity contribution in [2.75, 3.05) is 13.2 Å². The minimum absolute atomic E-state index is 0. The van der Waals surface area contributed by atoms with Gasteiger partial charge in [0.05, 0.1) is 0 Å². The van der Waals surface area contributed by atoms with Gasteiger partial charge in [-0.2, -0.15) is 0 Å². The molecule has 3 nitrogen and oxygen atoms in total. The van der Waals surface area contributed by atoms with Crippen molar-refractivity contribution in [3.8, 4) is 16.9 Å². The summed E-state index contributed by atoms with van der Waals surface area (Å²) in [6.45, 7) is 0.928. The van der Waals surface area contributed by atoms with Crippen LogP contribution in [0, 0.1) is 0 Å². The second-order valence-electron chi connectivity index (χ2n) is 6.24. The molecule has 1 saturated carbocycles. The molecule has 130 valence electrons. The minimum atomic E-state index is -0.468. The molecule has 3 rings (SSSR count). The lowest BCUT2D eigenvalue weighted by Crippen LogP contribution is -3.00. The Balaban J connectivity index is 0.00000208. The summed E-state index contributed by atoms with van der Waals surface area (Å²) in [7, 11) is 0. The summed E-state index contributed by atoms with van der Waals surface area (Å²) < 4.78 is 5.68. The summed E-state index contributed by atoms with van der Waals surface area (Å²) in [6.07, 6.45) is 4.60. The summed E-state index contributed by atoms with van der Waals surface area (Å²) in [5.41, 5.74) is 2.36. The van der Waals surface area contributed by atoms with E-state index in [1.54, 1.807) is 0 Å². The van der Waals surface area contributed by atoms with Crippen LogP contribution in [0.4, 0.5) is 0 Å². The number of hydrogen-bond donors (Lipinski definition) is 2. The maximum atomic E-state index is 10.0. The molecule has 1 unspecified atom stereocenters. The quantitative estimate of drug-likeness (QED) is 0.772. The van der Waals surface area contributed by atoms with E-state index in [0.717, 1.165) is 5.75 Å². The summed E-state index contributed by atoms with van der Waals surface area (Å²) >= 11 is 0. The SMILES string of the molecule is OC(CNC1CCCC1)COc1ccc(-c2ccccc2)cc1.[Cl-]. The zero-order valence-corrected chi connectivity index (χ0v) is 14.6. The molecule has 1 aliphatic rings. The van der Waals surface area contributed by atoms with Gasteiger partial charge in [-0.3, -0.25) is 0 Å². The van der Waals surface area contributed by atoms with E-state index in [9.17, 15) is 5.11 Å². The van der Waals surface area contributed by atoms with Crippen LogP contribution in [0.25, 0.3) is 11.1 Å². The fraction of sp³-hybridized carbons (Fsp3) is 0.400. The Morgan fingerprint density at radius 2 is 1.58 bits per heavy atom. The first-order valence-electron chi connectivity index (χ1n) is 8.51. The molecule has 0 aromatic heterocycles. The molecule has 2 aromatic carbocycles. The third-order valence-electron chi connectivity index (χ3n) is 4.40. The largest absolute Gasteiger partial charge is 1.00 e. The predicted octanol–water partition coefficient (Wildman–Crippen LogP) is 0.630. The number of nitrogens with one attached hydrogen (secondary N) is 1. The Morgan fingerprint density at radius 1 is 0.958 bits per heavy atom. The van der Waals surface area contributed by atoms with Gasteiger partial charge in [0.1, 0.15) is 18.5 Å². The maximum absolute atomic E-state index is 10.0. The average molecular weight is 347 g/mol. The highest BCUT2D eigenvalue weighted by Gasteiger charge is 2.15. The van der Waals surface area contributed by atoms with E-state index in [0.29, 0.717) is 19.2 Å². The van der Waals surface area contributed by atoms with Gasteiger partial charge >= 0.3 is 0 Å². The van der Waals surface area contributed by atoms with Crippen LogP contribution in [-0.2, 0) is 0 Å². The molecular weight excluding hydrogens is 322 g/mol. The molecule has 2 aromatic rings. The van der Waals surface area contributed by atoms with Crippen LogP contribution in [0.15, 0.2) is 54.6 Å². The number of benzene rings is 2. The summed E-state index contributed by atoms with van der Waals surface area (Å²) in [6, 6.07) is 18.9. The minimum Gasteiger partial charge on any atom is -1.00 e. The van der Waals surface area contributed by atoms with Gasteiger partial charge < -0.3 is 27.6 Å². The molecule has 1 fully saturated rings. The second-order valence-corrected chi connectivity index (χ2v) is 6.24. The highest BCUT2D eigenvalue weighted by Crippen LogP contribution is 2.22. The molecule has 0 saturated heterocycles. The van der Waals surface area contributed by atoms with Crippen molar-refractivity contribution in [3.05, 3.63) is 54.6 Å². The first-order valence-corrected chi connectivity index (χ1v) is 8.51. The van der Waals surface area contributed by atoms with Crippen LogP contribution in [0.1, 0.15) is 25.7 Å². The third-order valence-corrected chi connectivity index (χ3v) is 4.40. The normalized spacial score (nSPS) is 15.7. The Morgan fingerprint density at radius 3 is 2.25 bits per heavy atom. The molecule has 4 heteroatoms. The van der Waals surface area contributed by atoms with Crippen molar-refractivity contribution in [1.82, 2.24) is 5.32 Å². The van der Waals surface area contributed by atoms with E-state index in [1.165, 1.54) is 36.8 Å². The van der Waals surface area contributed by atoms with Crippen LogP contribution in [0.5, 0.6) is 5.75 Å². The molecule has 0 heterocycles. The fourth-order valence-electron chi connectivity index (χ4n) is 3.06. The molecule has 0 bridgehead atoms. The van der Waals surface area contributed by atoms with Crippen LogP contribution < -0.4 is 22.5 Å². The van der Waals surface area contributed by atoms with Crippen molar-refractivity contribution in [2.24, 2.45) is 0 Å². The van der Waals surface area contributed by atoms with Crippen LogP contribution in [0.3, 0.4) is 0 Å². The molecule has 24 heavy (non-hydrogen) atoms. The fourth-order valence-corrected chi connectivity index (χ4v) is 3.06. The van der Waals surface area contributed by atoms with Crippen molar-refractivity contribution in [2.45, 2.75) is 37.8 Å². The summed E-state index contributed by atoms with van der Waals surface area (Å²) in [5, 5.41) is 13.4. The summed E-state index contributed by atoms with van der Waals surface area (Å²) in [4.78, 5) is 0. The number of halogens is 1. The van der Waals surface area contributed by atoms with E-state index in [2.05, 4.69) is 17.4 Å². The van der Waals surface area contributed by atoms with Gasteiger partial charge in [0, 0.05) is 12.6 Å². The molecule has 0 amide bonds. The number of hydrogen-bond acceptors (Lipinski definition) is 3. The maximum Gasteiger partial charge on any atom is 0.119 e. The van der Waals surface area contributed by atoms with Gasteiger partial charge in [-0.15, -0.1) is 0 Å². The van der Waals surface area contributed by atoms with E-state index < -0.39 is 6.10 Å². The molecule has 2 N–H and O–H groups in total. The molecule has 1 aliphatic carbocycles. The lowest BCUT2D eigenvalue weighted by atomic mass is 10.1. The van der Waals surface area contributed by atoms with Gasteiger partial charge in [-0.1, -0.05) is 55.3 Å². The predicted molar refractivity (Wildman–Crippen MR) is 93.6 cm³/mol. The standard InChI is InChI=1S/C20H25NO2.ClH/c22-19(14-21-18-8-4-5-9-18)15-23-20-12-10-17(11-13-20)16-6-2-1-3-7-16;/h1-3,6-7,10-13,18-19,21-22H,4-5,8-9,14-15H2;1H/p-1. The topological polar surface area (TPSA) is 41.5 Å². The zero-order valence-electron chi connectivity index (χ0n) is 13.8. The molecule has 0 aliphatic heterocycles. The van der Waals surface area contributed by atoms with E-state index in [4.69, 9.17) is 4.74 Å². The highest BCUT2D eigenvalue weighted by atomic mass is 35.5. The van der Waals surface area contributed by atoms with Crippen molar-refractivity contribution >= 4 is 0 Å². The smallest absolute Gasteiger partial charge is 0.119 e. The number of aliphatic hydroxyl groups excluding tert-OH is 1. The van der Waals surface area contributed by atoms with Crippen LogP contribution >= 0.6 is 0 Å². The summed E-state index contributed by atoms with van der Waals surface area (Å²) in [5.74, 6) is 0.796. The number of ether oxygens (including phenoxy) is 1. The van der Waals surface area contributed by atoms with E-state index in [1.807, 2.05) is 42.5 Å². The number of rotatable bonds is 7. The van der Waals surface area contributed by atoms with Gasteiger partial charge in [0.2, 0.25) is 0 Å². The third kappa shape index (κ3) is 5.52. The Kier molecular flexibility index (Phi) is 7.57. The average Bonchev–Trinajstić information content (AvgIpc) is 3.13. The van der Waals surface area contributed by atoms with Gasteiger partial charge in [0.15, 0.2) is 0 Å². The first-order chi connectivity index (χ1) is 11.3. The molecule has 1 atom stereocenters. The van der Waals surface area contributed by atoms with E-state index >= 15 is 0 Å². The van der Waals surface area contributed by atoms with Gasteiger partial charge in [-0.05, 0) is 36.1 Å². The van der Waals surface area contributed by atoms with Gasteiger partial charge in [0.25, 0.3) is 0 Å². The molecule has 0 spiro atoms. The van der Waals surface area contributed by atoms with Crippen LogP contribution in [-0.4, -0.2) is 30.4 Å². The Bertz CT molecular complexity index is 582. The van der Waals surface area contributed by atoms with Crippen molar-refractivity contribution in [3.63, 3.8) is 0 Å². The monoisotopic (exact) mass is 346 g/mol. The van der Waals surface area contributed by atoms with Crippen LogP contribution in [0.2, 0.25) is 0 Å². The van der Waals surface area contributed by atoms with E-state index in [-0.39, 0.29) is 12.4 Å². The molecular formula is C20H25ClNO2-. The number of aliphatic hydroxyl groups is 1. The highest BCUT2D eigenvalue weighted by molar-refractivity contribution is 5.63. The van der Waals surface area contributed by atoms with Crippen molar-refractivity contribution < 1.29 is 22.3 Å². The van der Waals surface area contributed by atoms with Gasteiger partial charge in [-0.25, -0.2) is 0 Å². The Labute approximate surface area is 150 Å². The first kappa shape index (κ1) is 18.8. The second kappa shape index (κ2) is 9.67. The Hall–Kier alpha value is -1.55. The lowest BCUT2D eigenvalue weighted by molar-refractivity contribution is -0.00000643. The molecule has 0 radical (unpaired) electrons. The van der Waals surface area contributed by atoms with Crippen molar-refractivity contribution in [1.29, 1.82) is 0 Å².